The lowest BCUT2D eigenvalue weighted by Gasteiger charge is -2.11. The third-order valence-electron chi connectivity index (χ3n) is 5.66. The number of fused-ring (bicyclic) bond motifs is 1. The molecule has 1 N–H and O–H groups in total. The third kappa shape index (κ3) is 4.51. The summed E-state index contributed by atoms with van der Waals surface area (Å²) in [4.78, 5) is 42.3. The standard InChI is InChI=1S/C22H27N5O4S/c1-14-6-8-15(9-7-14)12-27-18-19(25(2)22(30)26(3)20(18)29)24-21(27)32-13-17(28)23-11-16-5-4-10-31-16/h6-9,16H,4-5,10-13H2,1-3H3,(H,23,28)/t16-/m0/s1. The first-order chi connectivity index (χ1) is 15.3. The molecule has 1 aromatic carbocycles. The van der Waals surface area contributed by atoms with E-state index in [0.717, 1.165) is 35.1 Å². The maximum Gasteiger partial charge on any atom is 0.332 e. The summed E-state index contributed by atoms with van der Waals surface area (Å²) in [5.74, 6) is 0.0271. The molecule has 10 heteroatoms. The minimum absolute atomic E-state index is 0.0765. The van der Waals surface area contributed by atoms with Gasteiger partial charge in [-0.15, -0.1) is 0 Å². The number of hydrogen-bond donors (Lipinski definition) is 1. The van der Waals surface area contributed by atoms with Gasteiger partial charge in [0.1, 0.15) is 0 Å². The van der Waals surface area contributed by atoms with Crippen molar-refractivity contribution in [1.29, 1.82) is 0 Å². The first kappa shape index (κ1) is 22.3. The van der Waals surface area contributed by atoms with Crippen molar-refractivity contribution in [1.82, 2.24) is 24.0 Å². The van der Waals surface area contributed by atoms with Crippen LogP contribution in [0.15, 0.2) is 39.0 Å². The van der Waals surface area contributed by atoms with E-state index >= 15 is 0 Å². The molecule has 0 radical (unpaired) electrons. The van der Waals surface area contributed by atoms with Gasteiger partial charge in [0, 0.05) is 27.2 Å². The van der Waals surface area contributed by atoms with Gasteiger partial charge in [0.05, 0.1) is 18.4 Å². The summed E-state index contributed by atoms with van der Waals surface area (Å²) in [6.07, 6.45) is 2.05. The van der Waals surface area contributed by atoms with E-state index in [1.54, 1.807) is 11.6 Å². The Bertz CT molecular complexity index is 1250. The van der Waals surface area contributed by atoms with E-state index in [9.17, 15) is 14.4 Å². The zero-order valence-corrected chi connectivity index (χ0v) is 19.3. The molecule has 9 nitrogen and oxygen atoms in total. The molecule has 1 fully saturated rings. The average molecular weight is 458 g/mol. The Kier molecular flexibility index (Phi) is 6.52. The molecule has 0 saturated carbocycles. The Morgan fingerprint density at radius 3 is 2.66 bits per heavy atom. The molecule has 3 aromatic rings. The number of carbonyl (C=O) groups excluding carboxylic acids is 1. The quantitative estimate of drug-likeness (QED) is 0.535. The maximum absolute atomic E-state index is 13.0. The van der Waals surface area contributed by atoms with Gasteiger partial charge in [-0.1, -0.05) is 41.6 Å². The van der Waals surface area contributed by atoms with E-state index in [1.807, 2.05) is 31.2 Å². The number of aryl methyl sites for hydroxylation is 2. The first-order valence-electron chi connectivity index (χ1n) is 10.6. The Labute approximate surface area is 189 Å². The number of nitrogens with zero attached hydrogens (tertiary/aromatic N) is 4. The van der Waals surface area contributed by atoms with Gasteiger partial charge in [-0.05, 0) is 25.3 Å². The average Bonchev–Trinajstić information content (AvgIpc) is 3.43. The number of imidazole rings is 1. The Morgan fingerprint density at radius 2 is 1.97 bits per heavy atom. The van der Waals surface area contributed by atoms with Crippen LogP contribution in [0.3, 0.4) is 0 Å². The van der Waals surface area contributed by atoms with E-state index in [1.165, 1.54) is 23.4 Å². The lowest BCUT2D eigenvalue weighted by molar-refractivity contribution is -0.119. The highest BCUT2D eigenvalue weighted by Gasteiger charge is 2.21. The molecule has 0 aliphatic carbocycles. The molecule has 0 unspecified atom stereocenters. The lowest BCUT2D eigenvalue weighted by Crippen LogP contribution is -2.37. The van der Waals surface area contributed by atoms with Gasteiger partial charge in [0.15, 0.2) is 16.3 Å². The minimum Gasteiger partial charge on any atom is -0.376 e. The largest absolute Gasteiger partial charge is 0.376 e. The summed E-state index contributed by atoms with van der Waals surface area (Å²) in [5, 5.41) is 3.42. The van der Waals surface area contributed by atoms with Crippen LogP contribution in [0.5, 0.6) is 0 Å². The summed E-state index contributed by atoms with van der Waals surface area (Å²) >= 11 is 1.25. The highest BCUT2D eigenvalue weighted by atomic mass is 32.2. The van der Waals surface area contributed by atoms with Crippen LogP contribution in [0.1, 0.15) is 24.0 Å². The number of hydrogen-bond acceptors (Lipinski definition) is 6. The second kappa shape index (κ2) is 9.33. The second-order valence-corrected chi connectivity index (χ2v) is 9.01. The maximum atomic E-state index is 13.0. The zero-order chi connectivity index (χ0) is 22.8. The molecule has 1 amide bonds. The normalized spacial score (nSPS) is 16.0. The Morgan fingerprint density at radius 1 is 1.22 bits per heavy atom. The van der Waals surface area contributed by atoms with Crippen LogP contribution < -0.4 is 16.6 Å². The van der Waals surface area contributed by atoms with Crippen LogP contribution >= 0.6 is 11.8 Å². The van der Waals surface area contributed by atoms with Crippen LogP contribution in [0.4, 0.5) is 0 Å². The van der Waals surface area contributed by atoms with Gasteiger partial charge in [-0.25, -0.2) is 9.78 Å². The van der Waals surface area contributed by atoms with Crippen molar-refractivity contribution < 1.29 is 9.53 Å². The predicted molar refractivity (Wildman–Crippen MR) is 123 cm³/mol. The molecular formula is C22H27N5O4S. The number of rotatable bonds is 7. The second-order valence-electron chi connectivity index (χ2n) is 8.07. The van der Waals surface area contributed by atoms with Gasteiger partial charge in [-0.2, -0.15) is 0 Å². The molecule has 1 saturated heterocycles. The van der Waals surface area contributed by atoms with Gasteiger partial charge in [0.2, 0.25) is 5.91 Å². The first-order valence-corrected chi connectivity index (χ1v) is 11.6. The lowest BCUT2D eigenvalue weighted by atomic mass is 10.1. The van der Waals surface area contributed by atoms with Crippen molar-refractivity contribution in [3.8, 4) is 0 Å². The summed E-state index contributed by atoms with van der Waals surface area (Å²) in [5.41, 5.74) is 1.95. The molecule has 3 heterocycles. The number of benzene rings is 1. The number of amides is 1. The molecule has 0 bridgehead atoms. The monoisotopic (exact) mass is 457 g/mol. The fourth-order valence-corrected chi connectivity index (χ4v) is 4.60. The van der Waals surface area contributed by atoms with E-state index in [2.05, 4.69) is 10.3 Å². The smallest absolute Gasteiger partial charge is 0.332 e. The van der Waals surface area contributed by atoms with Crippen molar-refractivity contribution in [3.05, 3.63) is 56.2 Å². The summed E-state index contributed by atoms with van der Waals surface area (Å²) < 4.78 is 9.78. The topological polar surface area (TPSA) is 100 Å². The van der Waals surface area contributed by atoms with E-state index in [-0.39, 0.29) is 17.8 Å². The van der Waals surface area contributed by atoms with Crippen LogP contribution in [0.25, 0.3) is 11.2 Å². The Hall–Kier alpha value is -2.85. The van der Waals surface area contributed by atoms with Crippen molar-refractivity contribution in [2.24, 2.45) is 14.1 Å². The number of carbonyl (C=O) groups is 1. The third-order valence-corrected chi connectivity index (χ3v) is 6.63. The highest BCUT2D eigenvalue weighted by Crippen LogP contribution is 2.23. The molecule has 1 atom stereocenters. The predicted octanol–water partition coefficient (Wildman–Crippen LogP) is 1.18. The molecule has 1 aliphatic heterocycles. The van der Waals surface area contributed by atoms with E-state index < -0.39 is 11.2 Å². The van der Waals surface area contributed by atoms with Gasteiger partial charge < -0.3 is 14.6 Å². The van der Waals surface area contributed by atoms with Gasteiger partial charge >= 0.3 is 5.69 Å². The zero-order valence-electron chi connectivity index (χ0n) is 18.5. The summed E-state index contributed by atoms with van der Waals surface area (Å²) in [6.45, 7) is 3.66. The molecule has 1 aliphatic rings. The minimum atomic E-state index is -0.437. The van der Waals surface area contributed by atoms with E-state index in [4.69, 9.17) is 4.74 Å². The molecule has 2 aromatic heterocycles. The highest BCUT2D eigenvalue weighted by molar-refractivity contribution is 7.99. The van der Waals surface area contributed by atoms with Gasteiger partial charge in [-0.3, -0.25) is 18.7 Å². The summed E-state index contributed by atoms with van der Waals surface area (Å²) in [6, 6.07) is 8.01. The molecule has 170 valence electrons. The van der Waals surface area contributed by atoms with Crippen molar-refractivity contribution in [2.75, 3.05) is 18.9 Å². The van der Waals surface area contributed by atoms with Crippen LogP contribution in [0, 0.1) is 6.92 Å². The van der Waals surface area contributed by atoms with Crippen LogP contribution in [0.2, 0.25) is 0 Å². The molecular weight excluding hydrogens is 430 g/mol. The number of ether oxygens (including phenoxy) is 1. The number of aromatic nitrogens is 4. The molecule has 0 spiro atoms. The van der Waals surface area contributed by atoms with E-state index in [0.29, 0.717) is 29.4 Å². The molecule has 32 heavy (non-hydrogen) atoms. The Balaban J connectivity index is 1.64. The summed E-state index contributed by atoms with van der Waals surface area (Å²) in [7, 11) is 3.05. The van der Waals surface area contributed by atoms with Gasteiger partial charge in [0.25, 0.3) is 5.56 Å². The fourth-order valence-electron chi connectivity index (χ4n) is 3.77. The number of thioether (sulfide) groups is 1. The fraction of sp³-hybridized carbons (Fsp3) is 0.455. The van der Waals surface area contributed by atoms with Crippen molar-refractivity contribution in [2.45, 2.75) is 37.6 Å². The van der Waals surface area contributed by atoms with Crippen LogP contribution in [-0.4, -0.2) is 49.6 Å². The van der Waals surface area contributed by atoms with Crippen LogP contribution in [-0.2, 0) is 30.2 Å². The number of nitrogens with one attached hydrogen (secondary N) is 1. The van der Waals surface area contributed by atoms with Crippen molar-refractivity contribution >= 4 is 28.8 Å². The SMILES string of the molecule is Cc1ccc(Cn2c(SCC(=O)NC[C@@H]3CCCO3)nc3c2c(=O)n(C)c(=O)n3C)cc1. The molecule has 4 rings (SSSR count). The van der Waals surface area contributed by atoms with Crippen molar-refractivity contribution in [3.63, 3.8) is 0 Å².